The van der Waals surface area contributed by atoms with Gasteiger partial charge in [-0.25, -0.2) is 15.0 Å². The van der Waals surface area contributed by atoms with Crippen LogP contribution >= 0.6 is 11.6 Å². The summed E-state index contributed by atoms with van der Waals surface area (Å²) in [7, 11) is 1.35. The van der Waals surface area contributed by atoms with Gasteiger partial charge in [0, 0.05) is 6.54 Å². The number of imidazole rings is 1. The fourth-order valence-electron chi connectivity index (χ4n) is 1.36. The standard InChI is InChI=1S/C9H9ClN4O2/c1-16-6(15)2-3-14-5-13-9-7(14)8(10)11-4-12-9/h4-5H,2-3H2,1H3. The van der Waals surface area contributed by atoms with E-state index in [1.54, 1.807) is 10.9 Å². The Balaban J connectivity index is 2.28. The summed E-state index contributed by atoms with van der Waals surface area (Å²) in [6.07, 6.45) is 3.18. The number of ether oxygens (including phenoxy) is 1. The molecular weight excluding hydrogens is 232 g/mol. The van der Waals surface area contributed by atoms with Crippen molar-refractivity contribution >= 4 is 28.7 Å². The summed E-state index contributed by atoms with van der Waals surface area (Å²) in [6.45, 7) is 0.441. The number of hydrogen-bond acceptors (Lipinski definition) is 5. The largest absolute Gasteiger partial charge is 0.469 e. The van der Waals surface area contributed by atoms with Crippen LogP contribution in [0, 0.1) is 0 Å². The molecule has 0 amide bonds. The number of carbonyl (C=O) groups excluding carboxylic acids is 1. The quantitative estimate of drug-likeness (QED) is 0.592. The van der Waals surface area contributed by atoms with Crippen molar-refractivity contribution in [1.82, 2.24) is 19.5 Å². The van der Waals surface area contributed by atoms with E-state index in [1.807, 2.05) is 0 Å². The average molecular weight is 241 g/mol. The van der Waals surface area contributed by atoms with Crippen LogP contribution in [0.4, 0.5) is 0 Å². The highest BCUT2D eigenvalue weighted by Crippen LogP contribution is 2.18. The van der Waals surface area contributed by atoms with Crippen LogP contribution in [0.2, 0.25) is 5.15 Å². The number of nitrogens with zero attached hydrogens (tertiary/aromatic N) is 4. The summed E-state index contributed by atoms with van der Waals surface area (Å²) >= 11 is 5.92. The third-order valence-electron chi connectivity index (χ3n) is 2.15. The number of methoxy groups -OCH3 is 1. The Morgan fingerprint density at radius 1 is 1.50 bits per heavy atom. The molecular formula is C9H9ClN4O2. The highest BCUT2D eigenvalue weighted by molar-refractivity contribution is 6.33. The summed E-state index contributed by atoms with van der Waals surface area (Å²) < 4.78 is 6.28. The van der Waals surface area contributed by atoms with Gasteiger partial charge in [-0.15, -0.1) is 0 Å². The molecule has 0 atom stereocenters. The lowest BCUT2D eigenvalue weighted by molar-refractivity contribution is -0.140. The summed E-state index contributed by atoms with van der Waals surface area (Å²) in [5, 5.41) is 0.326. The molecule has 84 valence electrons. The van der Waals surface area contributed by atoms with Gasteiger partial charge < -0.3 is 9.30 Å². The molecule has 0 saturated heterocycles. The molecule has 0 aromatic carbocycles. The molecule has 2 rings (SSSR count). The molecule has 0 aliphatic carbocycles. The van der Waals surface area contributed by atoms with Crippen molar-refractivity contribution in [1.29, 1.82) is 0 Å². The summed E-state index contributed by atoms with van der Waals surface area (Å²) in [5.41, 5.74) is 1.15. The van der Waals surface area contributed by atoms with Gasteiger partial charge in [-0.1, -0.05) is 11.6 Å². The number of aryl methyl sites for hydroxylation is 1. The van der Waals surface area contributed by atoms with E-state index in [4.69, 9.17) is 11.6 Å². The van der Waals surface area contributed by atoms with Gasteiger partial charge in [0.25, 0.3) is 0 Å². The molecule has 7 heteroatoms. The first kappa shape index (κ1) is 10.8. The minimum atomic E-state index is -0.283. The molecule has 2 aromatic rings. The number of carbonyl (C=O) groups is 1. The lowest BCUT2D eigenvalue weighted by Gasteiger charge is -2.03. The maximum absolute atomic E-state index is 11.0. The smallest absolute Gasteiger partial charge is 0.307 e. The average Bonchev–Trinajstić information content (AvgIpc) is 2.70. The van der Waals surface area contributed by atoms with Gasteiger partial charge in [0.15, 0.2) is 10.8 Å². The maximum Gasteiger partial charge on any atom is 0.307 e. The summed E-state index contributed by atoms with van der Waals surface area (Å²) in [5.74, 6) is -0.283. The number of hydrogen-bond donors (Lipinski definition) is 0. The van der Waals surface area contributed by atoms with Crippen molar-refractivity contribution in [3.63, 3.8) is 0 Å². The Labute approximate surface area is 96.2 Å². The van der Waals surface area contributed by atoms with E-state index in [0.717, 1.165) is 0 Å². The monoisotopic (exact) mass is 240 g/mol. The van der Waals surface area contributed by atoms with E-state index >= 15 is 0 Å². The van der Waals surface area contributed by atoms with Crippen molar-refractivity contribution in [2.45, 2.75) is 13.0 Å². The zero-order valence-electron chi connectivity index (χ0n) is 8.55. The fraction of sp³-hybridized carbons (Fsp3) is 0.333. The Morgan fingerprint density at radius 3 is 3.06 bits per heavy atom. The van der Waals surface area contributed by atoms with Crippen LogP contribution in [0.3, 0.4) is 0 Å². The number of esters is 1. The predicted molar refractivity (Wildman–Crippen MR) is 57.0 cm³/mol. The SMILES string of the molecule is COC(=O)CCn1cnc2ncnc(Cl)c21. The molecule has 0 N–H and O–H groups in total. The molecule has 0 spiro atoms. The van der Waals surface area contributed by atoms with Crippen molar-refractivity contribution in [2.24, 2.45) is 0 Å². The van der Waals surface area contributed by atoms with Crippen LogP contribution in [0.1, 0.15) is 6.42 Å². The van der Waals surface area contributed by atoms with Crippen LogP contribution < -0.4 is 0 Å². The Morgan fingerprint density at radius 2 is 2.31 bits per heavy atom. The van der Waals surface area contributed by atoms with E-state index in [9.17, 15) is 4.79 Å². The highest BCUT2D eigenvalue weighted by atomic mass is 35.5. The third-order valence-corrected chi connectivity index (χ3v) is 2.43. The first-order valence-corrected chi connectivity index (χ1v) is 4.98. The summed E-state index contributed by atoms with van der Waals surface area (Å²) in [4.78, 5) is 22.9. The molecule has 2 heterocycles. The van der Waals surface area contributed by atoms with Gasteiger partial charge in [0.2, 0.25) is 0 Å². The maximum atomic E-state index is 11.0. The molecule has 0 bridgehead atoms. The highest BCUT2D eigenvalue weighted by Gasteiger charge is 2.09. The molecule has 0 saturated carbocycles. The van der Waals surface area contributed by atoms with Crippen LogP contribution in [-0.4, -0.2) is 32.6 Å². The first-order chi connectivity index (χ1) is 7.72. The number of halogens is 1. The predicted octanol–water partition coefficient (Wildman–Crippen LogP) is 1.04. The molecule has 16 heavy (non-hydrogen) atoms. The van der Waals surface area contributed by atoms with E-state index in [0.29, 0.717) is 22.9 Å². The zero-order chi connectivity index (χ0) is 11.5. The molecule has 2 aromatic heterocycles. The van der Waals surface area contributed by atoms with Crippen LogP contribution in [0.5, 0.6) is 0 Å². The van der Waals surface area contributed by atoms with E-state index in [2.05, 4.69) is 19.7 Å². The van der Waals surface area contributed by atoms with Crippen LogP contribution in [0.15, 0.2) is 12.7 Å². The van der Waals surface area contributed by atoms with E-state index in [1.165, 1.54) is 13.4 Å². The Kier molecular flexibility index (Phi) is 3.00. The lowest BCUT2D eigenvalue weighted by atomic mass is 10.4. The second kappa shape index (κ2) is 4.44. The normalized spacial score (nSPS) is 10.6. The zero-order valence-corrected chi connectivity index (χ0v) is 9.31. The van der Waals surface area contributed by atoms with Crippen LogP contribution in [0.25, 0.3) is 11.2 Å². The second-order valence-electron chi connectivity index (χ2n) is 3.10. The van der Waals surface area contributed by atoms with Gasteiger partial charge in [0.1, 0.15) is 11.8 Å². The third kappa shape index (κ3) is 1.96. The second-order valence-corrected chi connectivity index (χ2v) is 3.46. The number of aromatic nitrogens is 4. The van der Waals surface area contributed by atoms with Gasteiger partial charge >= 0.3 is 5.97 Å². The molecule has 0 aliphatic heterocycles. The Bertz CT molecular complexity index is 525. The molecule has 0 fully saturated rings. The summed E-state index contributed by atoms with van der Waals surface area (Å²) in [6, 6.07) is 0. The van der Waals surface area contributed by atoms with Crippen LogP contribution in [-0.2, 0) is 16.1 Å². The van der Waals surface area contributed by atoms with Gasteiger partial charge in [-0.3, -0.25) is 4.79 Å². The van der Waals surface area contributed by atoms with Gasteiger partial charge in [0.05, 0.1) is 19.9 Å². The van der Waals surface area contributed by atoms with Gasteiger partial charge in [-0.05, 0) is 0 Å². The minimum absolute atomic E-state index is 0.257. The van der Waals surface area contributed by atoms with Gasteiger partial charge in [-0.2, -0.15) is 0 Å². The van der Waals surface area contributed by atoms with Crippen molar-refractivity contribution < 1.29 is 9.53 Å². The van der Waals surface area contributed by atoms with Crippen molar-refractivity contribution in [2.75, 3.05) is 7.11 Å². The van der Waals surface area contributed by atoms with Crippen molar-refractivity contribution in [3.8, 4) is 0 Å². The molecule has 0 radical (unpaired) electrons. The lowest BCUT2D eigenvalue weighted by Crippen LogP contribution is -2.06. The molecule has 0 unspecified atom stereocenters. The molecule has 0 aliphatic rings. The van der Waals surface area contributed by atoms with E-state index < -0.39 is 0 Å². The first-order valence-electron chi connectivity index (χ1n) is 4.60. The molecule has 6 nitrogen and oxygen atoms in total. The topological polar surface area (TPSA) is 69.9 Å². The van der Waals surface area contributed by atoms with E-state index in [-0.39, 0.29) is 12.4 Å². The number of rotatable bonds is 3. The van der Waals surface area contributed by atoms with Crippen molar-refractivity contribution in [3.05, 3.63) is 17.8 Å². The fourth-order valence-corrected chi connectivity index (χ4v) is 1.59. The minimum Gasteiger partial charge on any atom is -0.469 e. The number of fused-ring (bicyclic) bond motifs is 1. The Hall–Kier alpha value is -1.69.